The summed E-state index contributed by atoms with van der Waals surface area (Å²) in [5.74, 6) is 0.391. The SMILES string of the molecule is Nc1cnc(-c2ccc(Cl)cn2)cn1. The Kier molecular flexibility index (Phi) is 2.28. The van der Waals surface area contributed by atoms with E-state index in [1.54, 1.807) is 24.5 Å². The number of aromatic nitrogens is 3. The summed E-state index contributed by atoms with van der Waals surface area (Å²) in [5.41, 5.74) is 6.81. The van der Waals surface area contributed by atoms with Crippen LogP contribution >= 0.6 is 11.6 Å². The van der Waals surface area contributed by atoms with Gasteiger partial charge >= 0.3 is 0 Å². The monoisotopic (exact) mass is 206 g/mol. The second kappa shape index (κ2) is 3.59. The molecule has 0 aliphatic carbocycles. The van der Waals surface area contributed by atoms with E-state index in [-0.39, 0.29) is 0 Å². The highest BCUT2D eigenvalue weighted by atomic mass is 35.5. The molecule has 5 heteroatoms. The molecule has 0 fully saturated rings. The van der Waals surface area contributed by atoms with Crippen molar-refractivity contribution in [3.63, 3.8) is 0 Å². The lowest BCUT2D eigenvalue weighted by molar-refractivity contribution is 1.18. The molecule has 2 aromatic heterocycles. The number of halogens is 1. The van der Waals surface area contributed by atoms with Crippen molar-refractivity contribution in [2.75, 3.05) is 5.73 Å². The van der Waals surface area contributed by atoms with Gasteiger partial charge in [-0.25, -0.2) is 9.97 Å². The molecule has 0 radical (unpaired) electrons. The smallest absolute Gasteiger partial charge is 0.141 e. The number of rotatable bonds is 1. The predicted octanol–water partition coefficient (Wildman–Crippen LogP) is 1.77. The van der Waals surface area contributed by atoms with Gasteiger partial charge in [-0.2, -0.15) is 0 Å². The number of pyridine rings is 1. The van der Waals surface area contributed by atoms with Crippen LogP contribution in [0.2, 0.25) is 5.02 Å². The Balaban J connectivity index is 2.40. The molecule has 0 atom stereocenters. The zero-order valence-corrected chi connectivity index (χ0v) is 7.94. The van der Waals surface area contributed by atoms with Gasteiger partial charge in [-0.1, -0.05) is 11.6 Å². The number of nitrogens with two attached hydrogens (primary N) is 1. The molecule has 70 valence electrons. The van der Waals surface area contributed by atoms with Crippen molar-refractivity contribution in [2.24, 2.45) is 0 Å². The Bertz CT molecular complexity index is 380. The molecule has 0 aliphatic rings. The van der Waals surface area contributed by atoms with Gasteiger partial charge in [0, 0.05) is 6.20 Å². The molecule has 4 nitrogen and oxygen atoms in total. The molecule has 0 aromatic carbocycles. The minimum Gasteiger partial charge on any atom is -0.382 e. The zero-order valence-electron chi connectivity index (χ0n) is 7.18. The van der Waals surface area contributed by atoms with Crippen LogP contribution in [0.5, 0.6) is 0 Å². The molecular formula is C9H7ClN4. The summed E-state index contributed by atoms with van der Waals surface area (Å²) < 4.78 is 0. The Labute approximate surface area is 85.8 Å². The van der Waals surface area contributed by atoms with Gasteiger partial charge in [-0.15, -0.1) is 0 Å². The molecule has 2 aromatic rings. The van der Waals surface area contributed by atoms with Crippen LogP contribution in [-0.4, -0.2) is 15.0 Å². The van der Waals surface area contributed by atoms with Crippen molar-refractivity contribution in [1.82, 2.24) is 15.0 Å². The normalized spacial score (nSPS) is 10.1. The standard InChI is InChI=1S/C9H7ClN4/c10-6-1-2-7(12-3-6)8-4-14-9(11)5-13-8/h1-5H,(H2,11,14). The van der Waals surface area contributed by atoms with Crippen LogP contribution in [0.25, 0.3) is 11.4 Å². The maximum atomic E-state index is 5.71. The van der Waals surface area contributed by atoms with E-state index in [0.29, 0.717) is 16.5 Å². The highest BCUT2D eigenvalue weighted by Gasteiger charge is 2.00. The third-order valence-electron chi connectivity index (χ3n) is 1.66. The summed E-state index contributed by atoms with van der Waals surface area (Å²) in [6, 6.07) is 3.53. The van der Waals surface area contributed by atoms with Crippen molar-refractivity contribution in [3.05, 3.63) is 35.7 Å². The molecule has 0 bridgehead atoms. The highest BCUT2D eigenvalue weighted by Crippen LogP contribution is 2.15. The fraction of sp³-hybridized carbons (Fsp3) is 0. The maximum absolute atomic E-state index is 5.71. The first kappa shape index (κ1) is 8.90. The number of nitrogens with zero attached hydrogens (tertiary/aromatic N) is 3. The van der Waals surface area contributed by atoms with Gasteiger partial charge in [-0.05, 0) is 12.1 Å². The summed E-state index contributed by atoms with van der Waals surface area (Å²) in [6.45, 7) is 0. The van der Waals surface area contributed by atoms with E-state index in [1.807, 2.05) is 0 Å². The fourth-order valence-electron chi connectivity index (χ4n) is 0.998. The summed E-state index contributed by atoms with van der Waals surface area (Å²) in [4.78, 5) is 12.1. The molecule has 0 amide bonds. The molecule has 2 heterocycles. The van der Waals surface area contributed by atoms with Crippen molar-refractivity contribution >= 4 is 17.4 Å². The molecule has 0 aliphatic heterocycles. The topological polar surface area (TPSA) is 64.7 Å². The Hall–Kier alpha value is -1.68. The first-order chi connectivity index (χ1) is 6.75. The predicted molar refractivity (Wildman–Crippen MR) is 54.7 cm³/mol. The Morgan fingerprint density at radius 1 is 0.929 bits per heavy atom. The minimum absolute atomic E-state index is 0.391. The fourth-order valence-corrected chi connectivity index (χ4v) is 1.11. The van der Waals surface area contributed by atoms with Crippen LogP contribution in [0, 0.1) is 0 Å². The summed E-state index contributed by atoms with van der Waals surface area (Å²) in [7, 11) is 0. The minimum atomic E-state index is 0.391. The van der Waals surface area contributed by atoms with E-state index < -0.39 is 0 Å². The van der Waals surface area contributed by atoms with Crippen LogP contribution < -0.4 is 5.73 Å². The third kappa shape index (κ3) is 1.80. The summed E-state index contributed by atoms with van der Waals surface area (Å²) in [5, 5.41) is 0.595. The molecular weight excluding hydrogens is 200 g/mol. The van der Waals surface area contributed by atoms with E-state index in [1.165, 1.54) is 6.20 Å². The summed E-state index contributed by atoms with van der Waals surface area (Å²) >= 11 is 5.71. The zero-order chi connectivity index (χ0) is 9.97. The lowest BCUT2D eigenvalue weighted by atomic mass is 10.3. The molecule has 0 spiro atoms. The van der Waals surface area contributed by atoms with Crippen molar-refractivity contribution < 1.29 is 0 Å². The molecule has 0 unspecified atom stereocenters. The van der Waals surface area contributed by atoms with Crippen LogP contribution in [0.1, 0.15) is 0 Å². The largest absolute Gasteiger partial charge is 0.382 e. The van der Waals surface area contributed by atoms with Crippen LogP contribution in [-0.2, 0) is 0 Å². The third-order valence-corrected chi connectivity index (χ3v) is 1.89. The second-order valence-electron chi connectivity index (χ2n) is 2.69. The van der Waals surface area contributed by atoms with Gasteiger partial charge in [0.15, 0.2) is 0 Å². The van der Waals surface area contributed by atoms with E-state index in [4.69, 9.17) is 17.3 Å². The highest BCUT2D eigenvalue weighted by molar-refractivity contribution is 6.30. The van der Waals surface area contributed by atoms with Gasteiger partial charge in [0.2, 0.25) is 0 Å². The first-order valence-corrected chi connectivity index (χ1v) is 4.33. The van der Waals surface area contributed by atoms with Crippen molar-refractivity contribution in [1.29, 1.82) is 0 Å². The molecule has 2 rings (SSSR count). The van der Waals surface area contributed by atoms with Gasteiger partial charge in [0.25, 0.3) is 0 Å². The van der Waals surface area contributed by atoms with E-state index >= 15 is 0 Å². The Morgan fingerprint density at radius 2 is 1.71 bits per heavy atom. The molecule has 14 heavy (non-hydrogen) atoms. The Morgan fingerprint density at radius 3 is 2.29 bits per heavy atom. The molecule has 2 N–H and O–H groups in total. The van der Waals surface area contributed by atoms with E-state index in [0.717, 1.165) is 5.69 Å². The van der Waals surface area contributed by atoms with E-state index in [9.17, 15) is 0 Å². The molecule has 0 saturated carbocycles. The number of anilines is 1. The summed E-state index contributed by atoms with van der Waals surface area (Å²) in [6.07, 6.45) is 4.63. The average Bonchev–Trinajstić information content (AvgIpc) is 2.21. The van der Waals surface area contributed by atoms with Gasteiger partial charge in [0.05, 0.1) is 23.1 Å². The lowest BCUT2D eigenvalue weighted by Crippen LogP contribution is -1.93. The first-order valence-electron chi connectivity index (χ1n) is 3.95. The van der Waals surface area contributed by atoms with Gasteiger partial charge in [0.1, 0.15) is 11.5 Å². The van der Waals surface area contributed by atoms with E-state index in [2.05, 4.69) is 15.0 Å². The number of hydrogen-bond donors (Lipinski definition) is 1. The van der Waals surface area contributed by atoms with Crippen LogP contribution in [0.15, 0.2) is 30.7 Å². The second-order valence-corrected chi connectivity index (χ2v) is 3.12. The van der Waals surface area contributed by atoms with Crippen molar-refractivity contribution in [2.45, 2.75) is 0 Å². The maximum Gasteiger partial charge on any atom is 0.141 e. The van der Waals surface area contributed by atoms with Gasteiger partial charge < -0.3 is 5.73 Å². The number of nitrogen functional groups attached to an aromatic ring is 1. The van der Waals surface area contributed by atoms with Crippen LogP contribution in [0.3, 0.4) is 0 Å². The molecule has 0 saturated heterocycles. The van der Waals surface area contributed by atoms with Gasteiger partial charge in [-0.3, -0.25) is 4.98 Å². The van der Waals surface area contributed by atoms with Crippen LogP contribution in [0.4, 0.5) is 5.82 Å². The van der Waals surface area contributed by atoms with Crippen molar-refractivity contribution in [3.8, 4) is 11.4 Å². The quantitative estimate of drug-likeness (QED) is 0.773. The average molecular weight is 207 g/mol. The number of hydrogen-bond acceptors (Lipinski definition) is 4. The lowest BCUT2D eigenvalue weighted by Gasteiger charge is -1.99.